The first-order valence-corrected chi connectivity index (χ1v) is 6.92. The van der Waals surface area contributed by atoms with Crippen molar-refractivity contribution in [1.82, 2.24) is 10.6 Å². The fourth-order valence-corrected chi connectivity index (χ4v) is 2.46. The van der Waals surface area contributed by atoms with Gasteiger partial charge in [-0.2, -0.15) is 0 Å². The van der Waals surface area contributed by atoms with Crippen LogP contribution in [0.1, 0.15) is 17.3 Å². The zero-order chi connectivity index (χ0) is 15.4. The predicted molar refractivity (Wildman–Crippen MR) is 79.4 cm³/mol. The quantitative estimate of drug-likeness (QED) is 0.849. The smallest absolute Gasteiger partial charge is 0.255 e. The molecule has 6 heteroatoms. The molecule has 1 aromatic rings. The molecule has 1 amide bonds. The van der Waals surface area contributed by atoms with Gasteiger partial charge < -0.3 is 24.8 Å². The van der Waals surface area contributed by atoms with Crippen molar-refractivity contribution in [1.29, 1.82) is 0 Å². The molecule has 0 bridgehead atoms. The molecule has 0 spiro atoms. The van der Waals surface area contributed by atoms with Gasteiger partial charge in [0.2, 0.25) is 0 Å². The highest BCUT2D eigenvalue weighted by atomic mass is 16.5. The maximum absolute atomic E-state index is 12.5. The third-order valence-electron chi connectivity index (χ3n) is 3.78. The van der Waals surface area contributed by atoms with Gasteiger partial charge in [0.1, 0.15) is 5.75 Å². The first-order valence-electron chi connectivity index (χ1n) is 6.92. The van der Waals surface area contributed by atoms with Gasteiger partial charge in [0, 0.05) is 24.7 Å². The minimum absolute atomic E-state index is 0.121. The number of rotatable bonds is 5. The lowest BCUT2D eigenvalue weighted by molar-refractivity contribution is 0.0929. The van der Waals surface area contributed by atoms with Crippen LogP contribution in [0.2, 0.25) is 0 Å². The molecule has 0 aliphatic carbocycles. The van der Waals surface area contributed by atoms with E-state index in [1.807, 2.05) is 0 Å². The van der Waals surface area contributed by atoms with E-state index in [2.05, 4.69) is 17.6 Å². The van der Waals surface area contributed by atoms with E-state index in [9.17, 15) is 4.79 Å². The second-order valence-electron chi connectivity index (χ2n) is 5.12. The van der Waals surface area contributed by atoms with Gasteiger partial charge in [0.05, 0.1) is 26.9 Å². The molecule has 2 rings (SSSR count). The van der Waals surface area contributed by atoms with Gasteiger partial charge in [-0.05, 0) is 12.5 Å². The van der Waals surface area contributed by atoms with E-state index >= 15 is 0 Å². The van der Waals surface area contributed by atoms with E-state index in [1.54, 1.807) is 19.2 Å². The topological polar surface area (TPSA) is 68.8 Å². The van der Waals surface area contributed by atoms with E-state index in [0.717, 1.165) is 13.1 Å². The molecule has 2 unspecified atom stereocenters. The van der Waals surface area contributed by atoms with Crippen molar-refractivity contribution in [2.45, 2.75) is 13.0 Å². The average Bonchev–Trinajstić information content (AvgIpc) is 2.90. The number of carbonyl (C=O) groups excluding carboxylic acids is 1. The van der Waals surface area contributed by atoms with Gasteiger partial charge in [0.25, 0.3) is 5.91 Å². The average molecular weight is 294 g/mol. The molecular weight excluding hydrogens is 272 g/mol. The molecule has 1 saturated heterocycles. The molecule has 1 aliphatic heterocycles. The number of benzene rings is 1. The van der Waals surface area contributed by atoms with E-state index < -0.39 is 0 Å². The Bertz CT molecular complexity index is 519. The number of hydrogen-bond donors (Lipinski definition) is 2. The number of methoxy groups -OCH3 is 3. The normalized spacial score (nSPS) is 21.0. The summed E-state index contributed by atoms with van der Waals surface area (Å²) in [7, 11) is 4.61. The summed E-state index contributed by atoms with van der Waals surface area (Å²) < 4.78 is 15.7. The van der Waals surface area contributed by atoms with Crippen LogP contribution in [0.3, 0.4) is 0 Å². The molecule has 1 fully saturated rings. The third-order valence-corrected chi connectivity index (χ3v) is 3.78. The Labute approximate surface area is 124 Å². The molecule has 0 radical (unpaired) electrons. The zero-order valence-corrected chi connectivity index (χ0v) is 12.9. The summed E-state index contributed by atoms with van der Waals surface area (Å²) in [5.74, 6) is 1.72. The van der Waals surface area contributed by atoms with Crippen LogP contribution in [0.25, 0.3) is 0 Å². The van der Waals surface area contributed by atoms with Crippen LogP contribution in [0, 0.1) is 5.92 Å². The Morgan fingerprint density at radius 2 is 1.71 bits per heavy atom. The summed E-state index contributed by atoms with van der Waals surface area (Å²) in [4.78, 5) is 12.5. The molecule has 0 saturated carbocycles. The summed E-state index contributed by atoms with van der Waals surface area (Å²) in [5, 5.41) is 6.29. The van der Waals surface area contributed by atoms with Crippen molar-refractivity contribution in [3.63, 3.8) is 0 Å². The monoisotopic (exact) mass is 294 g/mol. The minimum Gasteiger partial charge on any atom is -0.496 e. The molecule has 116 valence electrons. The van der Waals surface area contributed by atoms with Crippen molar-refractivity contribution in [2.75, 3.05) is 34.4 Å². The maximum Gasteiger partial charge on any atom is 0.255 e. The Kier molecular flexibility index (Phi) is 4.90. The molecule has 1 aliphatic rings. The highest BCUT2D eigenvalue weighted by Gasteiger charge is 2.26. The highest BCUT2D eigenvalue weighted by molar-refractivity contribution is 5.98. The van der Waals surface area contributed by atoms with Crippen LogP contribution in [0.4, 0.5) is 0 Å². The van der Waals surface area contributed by atoms with Gasteiger partial charge in [0.15, 0.2) is 11.5 Å². The Balaban J connectivity index is 2.26. The number of amides is 1. The zero-order valence-electron chi connectivity index (χ0n) is 12.9. The molecule has 2 atom stereocenters. The fraction of sp³-hybridized carbons (Fsp3) is 0.533. The van der Waals surface area contributed by atoms with Gasteiger partial charge in [-0.1, -0.05) is 6.92 Å². The predicted octanol–water partition coefficient (Wildman–Crippen LogP) is 1.05. The van der Waals surface area contributed by atoms with Gasteiger partial charge in [-0.25, -0.2) is 0 Å². The SMILES string of the molecule is COc1cc(OC)c(C(=O)NC2CNCC2C)cc1OC. The second kappa shape index (κ2) is 6.67. The Hall–Kier alpha value is -1.95. The van der Waals surface area contributed by atoms with Crippen LogP contribution < -0.4 is 24.8 Å². The minimum atomic E-state index is -0.173. The van der Waals surface area contributed by atoms with Gasteiger partial charge >= 0.3 is 0 Å². The van der Waals surface area contributed by atoms with Crippen LogP contribution in [0.5, 0.6) is 17.2 Å². The van der Waals surface area contributed by atoms with E-state index in [4.69, 9.17) is 14.2 Å². The second-order valence-corrected chi connectivity index (χ2v) is 5.12. The Morgan fingerprint density at radius 1 is 1.10 bits per heavy atom. The van der Waals surface area contributed by atoms with Crippen LogP contribution in [-0.4, -0.2) is 46.4 Å². The van der Waals surface area contributed by atoms with Crippen LogP contribution in [-0.2, 0) is 0 Å². The van der Waals surface area contributed by atoms with Gasteiger partial charge in [-0.15, -0.1) is 0 Å². The molecule has 6 nitrogen and oxygen atoms in total. The summed E-state index contributed by atoms with van der Waals surface area (Å²) in [6.07, 6.45) is 0. The summed E-state index contributed by atoms with van der Waals surface area (Å²) in [6, 6.07) is 3.42. The highest BCUT2D eigenvalue weighted by Crippen LogP contribution is 2.34. The first kappa shape index (κ1) is 15.4. The fourth-order valence-electron chi connectivity index (χ4n) is 2.46. The number of nitrogens with one attached hydrogen (secondary N) is 2. The van der Waals surface area contributed by atoms with E-state index in [0.29, 0.717) is 28.7 Å². The molecular formula is C15H22N2O4. The van der Waals surface area contributed by atoms with E-state index in [-0.39, 0.29) is 11.9 Å². The maximum atomic E-state index is 12.5. The lowest BCUT2D eigenvalue weighted by atomic mass is 10.1. The lowest BCUT2D eigenvalue weighted by Gasteiger charge is -2.18. The van der Waals surface area contributed by atoms with Crippen molar-refractivity contribution in [3.8, 4) is 17.2 Å². The standard InChI is InChI=1S/C15H22N2O4/c1-9-7-16-8-11(9)17-15(18)10-5-13(20-3)14(21-4)6-12(10)19-2/h5-6,9,11,16H,7-8H2,1-4H3,(H,17,18). The van der Waals surface area contributed by atoms with E-state index in [1.165, 1.54) is 14.2 Å². The summed E-state index contributed by atoms with van der Waals surface area (Å²) >= 11 is 0. The lowest BCUT2D eigenvalue weighted by Crippen LogP contribution is -2.39. The molecule has 0 aromatic heterocycles. The van der Waals surface area contributed by atoms with Crippen molar-refractivity contribution >= 4 is 5.91 Å². The summed E-state index contributed by atoms with van der Waals surface area (Å²) in [5.41, 5.74) is 0.439. The van der Waals surface area contributed by atoms with Crippen LogP contribution >= 0.6 is 0 Å². The van der Waals surface area contributed by atoms with Crippen molar-refractivity contribution < 1.29 is 19.0 Å². The molecule has 1 heterocycles. The van der Waals surface area contributed by atoms with Crippen LogP contribution in [0.15, 0.2) is 12.1 Å². The largest absolute Gasteiger partial charge is 0.496 e. The molecule has 1 aromatic carbocycles. The molecule has 2 N–H and O–H groups in total. The Morgan fingerprint density at radius 3 is 2.24 bits per heavy atom. The molecule has 21 heavy (non-hydrogen) atoms. The number of ether oxygens (including phenoxy) is 3. The third kappa shape index (κ3) is 3.21. The number of carbonyl (C=O) groups is 1. The van der Waals surface area contributed by atoms with Gasteiger partial charge in [-0.3, -0.25) is 4.79 Å². The van der Waals surface area contributed by atoms with Crippen molar-refractivity contribution in [3.05, 3.63) is 17.7 Å². The number of hydrogen-bond acceptors (Lipinski definition) is 5. The van der Waals surface area contributed by atoms with Crippen molar-refractivity contribution in [2.24, 2.45) is 5.92 Å². The first-order chi connectivity index (χ1) is 10.1. The summed E-state index contributed by atoms with van der Waals surface area (Å²) in [6.45, 7) is 3.80.